The van der Waals surface area contributed by atoms with Crippen molar-refractivity contribution in [3.05, 3.63) is 16.2 Å². The Hall–Kier alpha value is -0.880. The van der Waals surface area contributed by atoms with Crippen LogP contribution in [0.1, 0.15) is 11.5 Å². The van der Waals surface area contributed by atoms with Crippen LogP contribution in [0, 0.1) is 13.8 Å². The maximum atomic E-state index is 11.2. The summed E-state index contributed by atoms with van der Waals surface area (Å²) in [6.45, 7) is 3.10. The summed E-state index contributed by atoms with van der Waals surface area (Å²) in [4.78, 5) is 0.0741. The zero-order valence-corrected chi connectivity index (χ0v) is 7.84. The van der Waals surface area contributed by atoms with E-state index in [1.54, 1.807) is 6.92 Å². The van der Waals surface area contributed by atoms with E-state index >= 15 is 0 Å². The van der Waals surface area contributed by atoms with Gasteiger partial charge in [0.25, 0.3) is 0 Å². The molecule has 1 aromatic heterocycles. The first kappa shape index (κ1) is 9.21. The van der Waals surface area contributed by atoms with Crippen LogP contribution in [0.5, 0.6) is 0 Å². The first-order valence-corrected chi connectivity index (χ1v) is 4.72. The first-order valence-electron chi connectivity index (χ1n) is 3.28. The van der Waals surface area contributed by atoms with Gasteiger partial charge in [-0.3, -0.25) is 0 Å². The van der Waals surface area contributed by atoms with Gasteiger partial charge in [0.15, 0.2) is 5.76 Å². The summed E-state index contributed by atoms with van der Waals surface area (Å²) < 4.78 is 30.4. The quantitative estimate of drug-likeness (QED) is 0.695. The Kier molecular flexibility index (Phi) is 2.20. The van der Waals surface area contributed by atoms with Gasteiger partial charge in [0.1, 0.15) is 14.9 Å². The molecule has 0 aliphatic rings. The lowest BCUT2D eigenvalue weighted by Gasteiger charge is -2.11. The van der Waals surface area contributed by atoms with Crippen LogP contribution in [-0.4, -0.2) is 20.6 Å². The molecule has 0 amide bonds. The molecule has 1 rings (SSSR count). The third-order valence-electron chi connectivity index (χ3n) is 1.47. The molecule has 0 aliphatic carbocycles. The van der Waals surface area contributed by atoms with Crippen molar-refractivity contribution in [1.82, 2.24) is 5.16 Å². The minimum Gasteiger partial charge on any atom is -0.547 e. The first-order chi connectivity index (χ1) is 5.49. The summed E-state index contributed by atoms with van der Waals surface area (Å²) in [6, 6.07) is 0. The van der Waals surface area contributed by atoms with Crippen molar-refractivity contribution in [2.45, 2.75) is 18.7 Å². The molecule has 0 spiro atoms. The van der Waals surface area contributed by atoms with Crippen molar-refractivity contribution in [2.75, 3.05) is 7.05 Å². The molecule has 0 saturated carbocycles. The summed E-state index contributed by atoms with van der Waals surface area (Å²) in [6.07, 6.45) is 0. The molecule has 0 unspecified atom stereocenters. The van der Waals surface area contributed by atoms with Crippen LogP contribution >= 0.6 is 0 Å². The summed E-state index contributed by atoms with van der Waals surface area (Å²) in [5.74, 6) is 0.276. The van der Waals surface area contributed by atoms with E-state index < -0.39 is 10.0 Å². The van der Waals surface area contributed by atoms with Gasteiger partial charge in [0.05, 0.1) is 5.69 Å². The number of hydrogen-bond acceptors (Lipinski definition) is 4. The lowest BCUT2D eigenvalue weighted by atomic mass is 10.4. The normalized spacial score (nSPS) is 11.9. The van der Waals surface area contributed by atoms with E-state index in [1.807, 2.05) is 0 Å². The van der Waals surface area contributed by atoms with Gasteiger partial charge in [-0.1, -0.05) is 5.16 Å². The van der Waals surface area contributed by atoms with Gasteiger partial charge >= 0.3 is 0 Å². The Balaban J connectivity index is 3.37. The molecule has 12 heavy (non-hydrogen) atoms. The van der Waals surface area contributed by atoms with Crippen molar-refractivity contribution in [3.63, 3.8) is 0 Å². The smallest absolute Gasteiger partial charge is 0.150 e. The highest BCUT2D eigenvalue weighted by Gasteiger charge is 2.15. The van der Waals surface area contributed by atoms with Gasteiger partial charge in [0, 0.05) is 0 Å². The Morgan fingerprint density at radius 1 is 1.42 bits per heavy atom. The van der Waals surface area contributed by atoms with Gasteiger partial charge in [-0.15, -0.1) is 0 Å². The minimum atomic E-state index is -3.55. The number of nitrogens with zero attached hydrogens (tertiary/aromatic N) is 2. The second-order valence-corrected chi connectivity index (χ2v) is 4.03. The maximum absolute atomic E-state index is 11.2. The molecule has 0 N–H and O–H groups in total. The van der Waals surface area contributed by atoms with Crippen LogP contribution in [0.2, 0.25) is 0 Å². The molecular weight excluding hydrogens is 180 g/mol. The topological polar surface area (TPSA) is 74.3 Å². The van der Waals surface area contributed by atoms with Crippen molar-refractivity contribution in [1.29, 1.82) is 0 Å². The highest BCUT2D eigenvalue weighted by atomic mass is 32.2. The van der Waals surface area contributed by atoms with E-state index in [4.69, 9.17) is 4.52 Å². The molecule has 0 fully saturated rings. The number of aryl methyl sites for hydroxylation is 2. The zero-order valence-electron chi connectivity index (χ0n) is 7.03. The molecule has 0 saturated heterocycles. The Labute approximate surface area is 70.8 Å². The van der Waals surface area contributed by atoms with Gasteiger partial charge in [-0.05, 0) is 13.8 Å². The molecule has 0 atom stereocenters. The second kappa shape index (κ2) is 2.87. The highest BCUT2D eigenvalue weighted by molar-refractivity contribution is 7.94. The predicted molar refractivity (Wildman–Crippen MR) is 42.4 cm³/mol. The molecule has 6 heteroatoms. The lowest BCUT2D eigenvalue weighted by Crippen LogP contribution is -1.99. The number of rotatable bonds is 2. The van der Waals surface area contributed by atoms with E-state index in [2.05, 4.69) is 9.88 Å². The molecular formula is C6H9N2O3S-. The molecule has 0 bridgehead atoms. The van der Waals surface area contributed by atoms with E-state index in [0.717, 1.165) is 0 Å². The van der Waals surface area contributed by atoms with Crippen molar-refractivity contribution in [2.24, 2.45) is 0 Å². The van der Waals surface area contributed by atoms with E-state index in [1.165, 1.54) is 14.0 Å². The van der Waals surface area contributed by atoms with Gasteiger partial charge < -0.3 is 9.25 Å². The average Bonchev–Trinajstić information content (AvgIpc) is 2.31. The molecule has 68 valence electrons. The molecule has 1 heterocycles. The Morgan fingerprint density at radius 2 is 2.00 bits per heavy atom. The molecule has 5 nitrogen and oxygen atoms in total. The maximum Gasteiger partial charge on any atom is 0.150 e. The van der Waals surface area contributed by atoms with Crippen LogP contribution in [0.25, 0.3) is 4.72 Å². The number of aromatic nitrogens is 1. The standard InChI is InChI=1S/C6H9N2O3S/c1-4-6(5(2)11-8-4)12(9,10)7-3/h1-3H3/q-1. The fourth-order valence-corrected chi connectivity index (χ4v) is 1.93. The zero-order chi connectivity index (χ0) is 9.35. The van der Waals surface area contributed by atoms with Gasteiger partial charge in [-0.25, -0.2) is 8.42 Å². The van der Waals surface area contributed by atoms with E-state index in [0.29, 0.717) is 5.69 Å². The van der Waals surface area contributed by atoms with Gasteiger partial charge in [-0.2, -0.15) is 7.05 Å². The molecule has 0 aliphatic heterocycles. The summed E-state index contributed by atoms with van der Waals surface area (Å²) in [5.41, 5.74) is 0.345. The lowest BCUT2D eigenvalue weighted by molar-refractivity contribution is 0.390. The SMILES string of the molecule is C[N-]S(=O)(=O)c1c(C)noc1C. The van der Waals surface area contributed by atoms with Gasteiger partial charge in [0.2, 0.25) is 0 Å². The van der Waals surface area contributed by atoms with E-state index in [9.17, 15) is 8.42 Å². The fourth-order valence-electron chi connectivity index (χ4n) is 0.934. The van der Waals surface area contributed by atoms with E-state index in [-0.39, 0.29) is 10.7 Å². The molecule has 0 radical (unpaired) electrons. The number of hydrogen-bond donors (Lipinski definition) is 0. The largest absolute Gasteiger partial charge is 0.547 e. The summed E-state index contributed by atoms with van der Waals surface area (Å²) in [5, 5.41) is 3.52. The monoisotopic (exact) mass is 189 g/mol. The third-order valence-corrected chi connectivity index (χ3v) is 3.05. The fraction of sp³-hybridized carbons (Fsp3) is 0.500. The minimum absolute atomic E-state index is 0.0741. The van der Waals surface area contributed by atoms with Crippen molar-refractivity contribution in [3.8, 4) is 0 Å². The summed E-state index contributed by atoms with van der Waals surface area (Å²) >= 11 is 0. The Morgan fingerprint density at radius 3 is 2.33 bits per heavy atom. The predicted octanol–water partition coefficient (Wildman–Crippen LogP) is 0.984. The van der Waals surface area contributed by atoms with Crippen LogP contribution in [0.3, 0.4) is 0 Å². The Bertz CT molecular complexity index is 360. The van der Waals surface area contributed by atoms with Crippen LogP contribution < -0.4 is 0 Å². The second-order valence-electron chi connectivity index (χ2n) is 2.31. The molecule has 1 aromatic rings. The van der Waals surface area contributed by atoms with Crippen LogP contribution in [-0.2, 0) is 10.0 Å². The molecule has 0 aromatic carbocycles. The summed E-state index contributed by atoms with van der Waals surface area (Å²) in [7, 11) is -2.32. The van der Waals surface area contributed by atoms with Crippen LogP contribution in [0.4, 0.5) is 0 Å². The van der Waals surface area contributed by atoms with Crippen molar-refractivity contribution < 1.29 is 12.9 Å². The highest BCUT2D eigenvalue weighted by Crippen LogP contribution is 2.22. The van der Waals surface area contributed by atoms with Crippen molar-refractivity contribution >= 4 is 10.0 Å². The third kappa shape index (κ3) is 1.35. The van der Waals surface area contributed by atoms with Crippen LogP contribution in [0.15, 0.2) is 9.42 Å². The number of sulfonamides is 1. The average molecular weight is 189 g/mol.